The van der Waals surface area contributed by atoms with E-state index in [2.05, 4.69) is 71.9 Å². The van der Waals surface area contributed by atoms with E-state index in [1.165, 1.54) is 5.56 Å². The first kappa shape index (κ1) is 29.1. The highest BCUT2D eigenvalue weighted by atomic mass is 16.5. The van der Waals surface area contributed by atoms with Crippen LogP contribution in [0.2, 0.25) is 0 Å². The molecule has 1 heterocycles. The third-order valence-corrected chi connectivity index (χ3v) is 7.12. The lowest BCUT2D eigenvalue weighted by molar-refractivity contribution is 0.0955. The fraction of sp³-hybridized carbons (Fsp3) is 0.135. The first-order chi connectivity index (χ1) is 21.0. The fourth-order valence-electron chi connectivity index (χ4n) is 5.05. The molecule has 0 saturated carbocycles. The van der Waals surface area contributed by atoms with Crippen LogP contribution in [-0.2, 0) is 13.0 Å². The lowest BCUT2D eigenvalue weighted by Crippen LogP contribution is -2.17. The van der Waals surface area contributed by atoms with E-state index in [0.717, 1.165) is 39.3 Å². The van der Waals surface area contributed by atoms with E-state index in [-0.39, 0.29) is 5.91 Å². The molecule has 0 fully saturated rings. The highest BCUT2D eigenvalue weighted by molar-refractivity contribution is 5.95. The lowest BCUT2D eigenvalue weighted by Gasteiger charge is -2.16. The number of nitrogens with zero attached hydrogens (tertiary/aromatic N) is 2. The summed E-state index contributed by atoms with van der Waals surface area (Å²) in [6.45, 7) is 8.43. The van der Waals surface area contributed by atoms with E-state index >= 15 is 0 Å². The number of hydrogen-bond donors (Lipinski definition) is 1. The van der Waals surface area contributed by atoms with Crippen LogP contribution >= 0.6 is 0 Å². The van der Waals surface area contributed by atoms with Gasteiger partial charge in [-0.25, -0.2) is 5.43 Å². The number of carbonyl (C=O) groups is 1. The largest absolute Gasteiger partial charge is 0.493 e. The van der Waals surface area contributed by atoms with Crippen molar-refractivity contribution >= 4 is 12.1 Å². The molecule has 0 unspecified atom stereocenters. The molecular weight excluding hydrogens is 534 g/mol. The summed E-state index contributed by atoms with van der Waals surface area (Å²) >= 11 is 0. The van der Waals surface area contributed by atoms with Crippen LogP contribution in [0.3, 0.4) is 0 Å². The van der Waals surface area contributed by atoms with Crippen molar-refractivity contribution in [3.63, 3.8) is 0 Å². The zero-order chi connectivity index (χ0) is 30.2. The Morgan fingerprint density at radius 1 is 0.930 bits per heavy atom. The number of hydrazone groups is 1. The van der Waals surface area contributed by atoms with Gasteiger partial charge in [0.1, 0.15) is 6.61 Å². The molecule has 43 heavy (non-hydrogen) atoms. The number of methoxy groups -OCH3 is 1. The smallest absolute Gasteiger partial charge is 0.271 e. The van der Waals surface area contributed by atoms with E-state index in [0.29, 0.717) is 30.1 Å². The quantitative estimate of drug-likeness (QED) is 0.100. The van der Waals surface area contributed by atoms with Crippen molar-refractivity contribution in [2.24, 2.45) is 5.10 Å². The monoisotopic (exact) mass is 569 g/mol. The minimum atomic E-state index is -0.299. The average molecular weight is 570 g/mol. The van der Waals surface area contributed by atoms with Gasteiger partial charge in [0.25, 0.3) is 5.91 Å². The van der Waals surface area contributed by atoms with E-state index in [1.54, 1.807) is 25.5 Å². The maximum atomic E-state index is 12.9. The molecule has 0 aliphatic heterocycles. The summed E-state index contributed by atoms with van der Waals surface area (Å²) < 4.78 is 14.0. The van der Waals surface area contributed by atoms with E-state index in [1.807, 2.05) is 60.7 Å². The van der Waals surface area contributed by atoms with Crippen molar-refractivity contribution in [3.05, 3.63) is 149 Å². The van der Waals surface area contributed by atoms with E-state index < -0.39 is 0 Å². The minimum Gasteiger partial charge on any atom is -0.493 e. The number of amides is 1. The Hall–Kier alpha value is -5.36. The second-order valence-corrected chi connectivity index (χ2v) is 10.3. The number of nitrogens with one attached hydrogen (secondary N) is 1. The third-order valence-electron chi connectivity index (χ3n) is 7.12. The molecule has 4 aromatic carbocycles. The van der Waals surface area contributed by atoms with Crippen molar-refractivity contribution in [2.45, 2.75) is 26.9 Å². The maximum Gasteiger partial charge on any atom is 0.271 e. The molecule has 0 radical (unpaired) electrons. The summed E-state index contributed by atoms with van der Waals surface area (Å²) in [7, 11) is 1.61. The number of ether oxygens (including phenoxy) is 2. The number of benzene rings is 4. The molecule has 6 nitrogen and oxygen atoms in total. The second-order valence-electron chi connectivity index (χ2n) is 10.3. The van der Waals surface area contributed by atoms with Gasteiger partial charge < -0.3 is 14.0 Å². The summed E-state index contributed by atoms with van der Waals surface area (Å²) in [4.78, 5) is 12.9. The Kier molecular flexibility index (Phi) is 9.17. The number of hydrogen-bond acceptors (Lipinski definition) is 4. The molecule has 1 aromatic heterocycles. The van der Waals surface area contributed by atoms with Crippen LogP contribution in [0.25, 0.3) is 16.9 Å². The van der Waals surface area contributed by atoms with Crippen LogP contribution in [0.4, 0.5) is 0 Å². The van der Waals surface area contributed by atoms with Gasteiger partial charge in [-0.1, -0.05) is 66.2 Å². The van der Waals surface area contributed by atoms with Gasteiger partial charge in [-0.3, -0.25) is 4.79 Å². The maximum absolute atomic E-state index is 12.9. The Morgan fingerprint density at radius 2 is 1.72 bits per heavy atom. The number of carbonyl (C=O) groups excluding carboxylic acids is 1. The van der Waals surface area contributed by atoms with Gasteiger partial charge in [-0.05, 0) is 85.5 Å². The molecule has 5 rings (SSSR count). The highest BCUT2D eigenvalue weighted by Gasteiger charge is 2.14. The van der Waals surface area contributed by atoms with E-state index in [4.69, 9.17) is 9.47 Å². The Balaban J connectivity index is 1.29. The standard InChI is InChI=1S/C37H35N3O3/c1-5-10-32-22-29(23-35(42-4)36(32)43-25-28-12-9-11-26(2)21-28)24-38-39-37(41)31-16-18-33(19-17-31)40-27(3)15-20-34(40)30-13-7-6-8-14-30/h5-9,11-24H,1,10,25H2,2-4H3,(H,39,41)/b38-24+. The first-order valence-electron chi connectivity index (χ1n) is 14.1. The lowest BCUT2D eigenvalue weighted by atomic mass is 10.1. The predicted octanol–water partition coefficient (Wildman–Crippen LogP) is 7.84. The number of aryl methyl sites for hydroxylation is 2. The number of aromatic nitrogens is 1. The normalized spacial score (nSPS) is 11.0. The minimum absolute atomic E-state index is 0.299. The summed E-state index contributed by atoms with van der Waals surface area (Å²) in [6.07, 6.45) is 4.01. The topological polar surface area (TPSA) is 64.9 Å². The van der Waals surface area contributed by atoms with Crippen molar-refractivity contribution < 1.29 is 14.3 Å². The van der Waals surface area contributed by atoms with Gasteiger partial charge in [-0.15, -0.1) is 6.58 Å². The van der Waals surface area contributed by atoms with Crippen molar-refractivity contribution in [2.75, 3.05) is 7.11 Å². The molecule has 0 aliphatic carbocycles. The summed E-state index contributed by atoms with van der Waals surface area (Å²) in [5.74, 6) is 0.954. The zero-order valence-electron chi connectivity index (χ0n) is 24.7. The third kappa shape index (κ3) is 6.93. The van der Waals surface area contributed by atoms with Crippen molar-refractivity contribution in [1.82, 2.24) is 9.99 Å². The van der Waals surface area contributed by atoms with Gasteiger partial charge in [0.2, 0.25) is 0 Å². The van der Waals surface area contributed by atoms with Crippen LogP contribution < -0.4 is 14.9 Å². The van der Waals surface area contributed by atoms with Gasteiger partial charge in [0.05, 0.1) is 19.0 Å². The zero-order valence-corrected chi connectivity index (χ0v) is 24.7. The van der Waals surface area contributed by atoms with E-state index in [9.17, 15) is 4.79 Å². The molecule has 0 aliphatic rings. The summed E-state index contributed by atoms with van der Waals surface area (Å²) in [5, 5.41) is 4.22. The molecule has 0 spiro atoms. The highest BCUT2D eigenvalue weighted by Crippen LogP contribution is 2.34. The predicted molar refractivity (Wildman–Crippen MR) is 173 cm³/mol. The Bertz CT molecular complexity index is 1750. The van der Waals surface area contributed by atoms with Gasteiger partial charge in [0, 0.05) is 22.5 Å². The SMILES string of the molecule is C=CCc1cc(/C=N/NC(=O)c2ccc(-n3c(C)ccc3-c3ccccc3)cc2)cc(OC)c1OCc1cccc(C)c1. The molecule has 216 valence electrons. The summed E-state index contributed by atoms with van der Waals surface area (Å²) in [5.41, 5.74) is 11.4. The number of allylic oxidation sites excluding steroid dienone is 1. The summed E-state index contributed by atoms with van der Waals surface area (Å²) in [6, 6.07) is 34.0. The first-order valence-corrected chi connectivity index (χ1v) is 14.1. The van der Waals surface area contributed by atoms with Crippen LogP contribution in [0.5, 0.6) is 11.5 Å². The fourth-order valence-corrected chi connectivity index (χ4v) is 5.05. The second kappa shape index (κ2) is 13.5. The molecule has 0 atom stereocenters. The molecule has 1 amide bonds. The van der Waals surface area contributed by atoms with Crippen molar-refractivity contribution in [3.8, 4) is 28.4 Å². The van der Waals surface area contributed by atoms with Crippen LogP contribution in [0.15, 0.2) is 121 Å². The molecule has 5 aromatic rings. The van der Waals surface area contributed by atoms with Gasteiger partial charge in [0.15, 0.2) is 11.5 Å². The molecule has 0 bridgehead atoms. The molecule has 6 heteroatoms. The molecule has 0 saturated heterocycles. The molecule has 1 N–H and O–H groups in total. The molecular formula is C37H35N3O3. The average Bonchev–Trinajstić information content (AvgIpc) is 3.42. The Labute approximate surface area is 252 Å². The van der Waals surface area contributed by atoms with Gasteiger partial charge >= 0.3 is 0 Å². The van der Waals surface area contributed by atoms with Gasteiger partial charge in [-0.2, -0.15) is 5.10 Å². The number of rotatable bonds is 11. The van der Waals surface area contributed by atoms with Crippen molar-refractivity contribution in [1.29, 1.82) is 0 Å². The van der Waals surface area contributed by atoms with Crippen LogP contribution in [0, 0.1) is 13.8 Å². The van der Waals surface area contributed by atoms with Crippen LogP contribution in [0.1, 0.15) is 38.3 Å². The van der Waals surface area contributed by atoms with Crippen LogP contribution in [-0.4, -0.2) is 23.8 Å². The Morgan fingerprint density at radius 3 is 2.44 bits per heavy atom.